The number of aliphatic hydroxyl groups excluding tert-OH is 2. The van der Waals surface area contributed by atoms with Crippen LogP contribution in [-0.4, -0.2) is 22.4 Å². The van der Waals surface area contributed by atoms with Crippen molar-refractivity contribution in [2.75, 3.05) is 0 Å². The molecule has 100 valence electrons. The number of aliphatic hydroxyl groups is 2. The van der Waals surface area contributed by atoms with E-state index in [1.165, 1.54) is 0 Å². The van der Waals surface area contributed by atoms with Crippen LogP contribution in [0.2, 0.25) is 0 Å². The van der Waals surface area contributed by atoms with Crippen molar-refractivity contribution in [2.45, 2.75) is 66.1 Å². The third-order valence-corrected chi connectivity index (χ3v) is 3.85. The zero-order valence-corrected chi connectivity index (χ0v) is 11.9. The number of hydrogen-bond donors (Lipinski definition) is 2. The van der Waals surface area contributed by atoms with Crippen LogP contribution in [0.25, 0.3) is 0 Å². The molecular weight excluding hydrogens is 212 g/mol. The van der Waals surface area contributed by atoms with Gasteiger partial charge in [0.1, 0.15) is 0 Å². The lowest BCUT2D eigenvalue weighted by molar-refractivity contribution is -0.0396. The van der Waals surface area contributed by atoms with Gasteiger partial charge in [0.25, 0.3) is 0 Å². The first-order chi connectivity index (χ1) is 7.62. The first-order valence-electron chi connectivity index (χ1n) is 6.68. The Kier molecular flexibility index (Phi) is 4.43. The van der Waals surface area contributed by atoms with Crippen molar-refractivity contribution in [2.24, 2.45) is 16.7 Å². The summed E-state index contributed by atoms with van der Waals surface area (Å²) in [6.45, 7) is 11.0. The molecular formula is C15H28O2. The van der Waals surface area contributed by atoms with Gasteiger partial charge in [-0.3, -0.25) is 0 Å². The highest BCUT2D eigenvalue weighted by atomic mass is 16.3. The van der Waals surface area contributed by atoms with E-state index in [4.69, 9.17) is 0 Å². The van der Waals surface area contributed by atoms with E-state index in [1.807, 2.05) is 0 Å². The maximum atomic E-state index is 9.77. The zero-order valence-electron chi connectivity index (χ0n) is 11.9. The van der Waals surface area contributed by atoms with Crippen molar-refractivity contribution in [1.82, 2.24) is 0 Å². The van der Waals surface area contributed by atoms with Crippen molar-refractivity contribution >= 4 is 0 Å². The number of rotatable bonds is 2. The Hall–Kier alpha value is -0.340. The Bertz CT molecular complexity index is 273. The third-order valence-electron chi connectivity index (χ3n) is 3.85. The molecule has 0 radical (unpaired) electrons. The van der Waals surface area contributed by atoms with Gasteiger partial charge in [-0.2, -0.15) is 0 Å². The monoisotopic (exact) mass is 240 g/mol. The van der Waals surface area contributed by atoms with Gasteiger partial charge in [0, 0.05) is 0 Å². The van der Waals surface area contributed by atoms with Gasteiger partial charge in [0.2, 0.25) is 0 Å². The molecule has 2 N–H and O–H groups in total. The SMILES string of the molecule is CC(C)(C)/C=C/C(C)(C)C1CCC(O)C(O)C1. The van der Waals surface area contributed by atoms with Gasteiger partial charge in [-0.05, 0) is 36.0 Å². The van der Waals surface area contributed by atoms with Gasteiger partial charge < -0.3 is 10.2 Å². The van der Waals surface area contributed by atoms with Crippen molar-refractivity contribution in [3.8, 4) is 0 Å². The summed E-state index contributed by atoms with van der Waals surface area (Å²) in [5.41, 5.74) is 0.290. The quantitative estimate of drug-likeness (QED) is 0.728. The van der Waals surface area contributed by atoms with Crippen LogP contribution < -0.4 is 0 Å². The molecule has 0 heterocycles. The number of allylic oxidation sites excluding steroid dienone is 2. The van der Waals surface area contributed by atoms with E-state index < -0.39 is 12.2 Å². The Labute approximate surface area is 106 Å². The van der Waals surface area contributed by atoms with Crippen LogP contribution in [0.3, 0.4) is 0 Å². The Balaban J connectivity index is 2.68. The lowest BCUT2D eigenvalue weighted by atomic mass is 9.69. The maximum Gasteiger partial charge on any atom is 0.0802 e. The van der Waals surface area contributed by atoms with Crippen molar-refractivity contribution < 1.29 is 10.2 Å². The largest absolute Gasteiger partial charge is 0.390 e. The Morgan fingerprint density at radius 1 is 0.882 bits per heavy atom. The molecule has 0 spiro atoms. The molecule has 3 atom stereocenters. The standard InChI is InChI=1S/C15H28O2/c1-14(2,3)8-9-15(4,5)11-6-7-12(16)13(17)10-11/h8-9,11-13,16-17H,6-7,10H2,1-5H3/b9-8+. The van der Waals surface area contributed by atoms with E-state index in [0.29, 0.717) is 12.3 Å². The second-order valence-corrected chi connectivity index (χ2v) is 7.17. The molecule has 0 saturated heterocycles. The second-order valence-electron chi connectivity index (χ2n) is 7.17. The summed E-state index contributed by atoms with van der Waals surface area (Å²) in [6, 6.07) is 0. The van der Waals surface area contributed by atoms with Crippen LogP contribution in [0, 0.1) is 16.7 Å². The van der Waals surface area contributed by atoms with E-state index in [2.05, 4.69) is 46.8 Å². The highest BCUT2D eigenvalue weighted by Gasteiger charge is 2.35. The first-order valence-corrected chi connectivity index (χ1v) is 6.68. The van der Waals surface area contributed by atoms with Crippen molar-refractivity contribution in [1.29, 1.82) is 0 Å². The predicted octanol–water partition coefficient (Wildman–Crippen LogP) is 3.14. The van der Waals surface area contributed by atoms with Crippen molar-refractivity contribution in [3.63, 3.8) is 0 Å². The van der Waals surface area contributed by atoms with Crippen LogP contribution >= 0.6 is 0 Å². The molecule has 0 amide bonds. The minimum atomic E-state index is -0.545. The van der Waals surface area contributed by atoms with E-state index in [9.17, 15) is 10.2 Å². The minimum Gasteiger partial charge on any atom is -0.390 e. The minimum absolute atomic E-state index is 0.0917. The van der Waals surface area contributed by atoms with Gasteiger partial charge in [-0.1, -0.05) is 46.8 Å². The van der Waals surface area contributed by atoms with Crippen LogP contribution in [0.15, 0.2) is 12.2 Å². The van der Waals surface area contributed by atoms with Gasteiger partial charge in [0.15, 0.2) is 0 Å². The summed E-state index contributed by atoms with van der Waals surface area (Å²) in [7, 11) is 0. The average Bonchev–Trinajstić information content (AvgIpc) is 2.18. The summed E-state index contributed by atoms with van der Waals surface area (Å²) < 4.78 is 0. The van der Waals surface area contributed by atoms with E-state index in [-0.39, 0.29) is 10.8 Å². The fourth-order valence-corrected chi connectivity index (χ4v) is 2.41. The molecule has 1 aliphatic rings. The van der Waals surface area contributed by atoms with E-state index in [1.54, 1.807) is 0 Å². The summed E-state index contributed by atoms with van der Waals surface area (Å²) in [5, 5.41) is 19.3. The van der Waals surface area contributed by atoms with E-state index in [0.717, 1.165) is 12.8 Å². The third kappa shape index (κ3) is 4.44. The molecule has 3 unspecified atom stereocenters. The fraction of sp³-hybridized carbons (Fsp3) is 0.867. The van der Waals surface area contributed by atoms with Gasteiger partial charge in [-0.15, -0.1) is 0 Å². The molecule has 1 saturated carbocycles. The zero-order chi connectivity index (χ0) is 13.3. The molecule has 17 heavy (non-hydrogen) atoms. The fourth-order valence-electron chi connectivity index (χ4n) is 2.41. The van der Waals surface area contributed by atoms with Crippen LogP contribution in [0.4, 0.5) is 0 Å². The van der Waals surface area contributed by atoms with Crippen LogP contribution in [0.1, 0.15) is 53.9 Å². The van der Waals surface area contributed by atoms with Crippen LogP contribution in [0.5, 0.6) is 0 Å². The topological polar surface area (TPSA) is 40.5 Å². The first kappa shape index (κ1) is 14.7. The Morgan fingerprint density at radius 2 is 1.47 bits per heavy atom. The smallest absolute Gasteiger partial charge is 0.0802 e. The molecule has 0 aliphatic heterocycles. The average molecular weight is 240 g/mol. The molecule has 0 aromatic carbocycles. The molecule has 0 aromatic heterocycles. The lowest BCUT2D eigenvalue weighted by Gasteiger charge is -2.39. The van der Waals surface area contributed by atoms with E-state index >= 15 is 0 Å². The highest BCUT2D eigenvalue weighted by Crippen LogP contribution is 2.40. The van der Waals surface area contributed by atoms with Gasteiger partial charge >= 0.3 is 0 Å². The molecule has 2 heteroatoms. The van der Waals surface area contributed by atoms with Crippen molar-refractivity contribution in [3.05, 3.63) is 12.2 Å². The molecule has 1 aliphatic carbocycles. The highest BCUT2D eigenvalue weighted by molar-refractivity contribution is 5.04. The summed E-state index contributed by atoms with van der Waals surface area (Å²) in [5.74, 6) is 0.458. The predicted molar refractivity (Wildman–Crippen MR) is 71.7 cm³/mol. The van der Waals surface area contributed by atoms with Crippen LogP contribution in [-0.2, 0) is 0 Å². The van der Waals surface area contributed by atoms with Gasteiger partial charge in [0.05, 0.1) is 12.2 Å². The normalized spacial score (nSPS) is 32.1. The number of hydrogen-bond acceptors (Lipinski definition) is 2. The molecule has 2 nitrogen and oxygen atoms in total. The lowest BCUT2D eigenvalue weighted by Crippen LogP contribution is -2.38. The molecule has 0 bridgehead atoms. The summed E-state index contributed by atoms with van der Waals surface area (Å²) in [6.07, 6.45) is 5.90. The molecule has 1 rings (SSSR count). The summed E-state index contributed by atoms with van der Waals surface area (Å²) >= 11 is 0. The maximum absolute atomic E-state index is 9.77. The second kappa shape index (κ2) is 5.11. The van der Waals surface area contributed by atoms with Gasteiger partial charge in [-0.25, -0.2) is 0 Å². The molecule has 1 fully saturated rings. The Morgan fingerprint density at radius 3 is 1.94 bits per heavy atom. The summed E-state index contributed by atoms with van der Waals surface area (Å²) in [4.78, 5) is 0. The molecule has 0 aromatic rings.